The minimum Gasteiger partial charge on any atom is -0.501 e. The summed E-state index contributed by atoms with van der Waals surface area (Å²) in [5.74, 6) is -2.23. The van der Waals surface area contributed by atoms with Crippen molar-refractivity contribution in [2.45, 2.75) is 6.43 Å². The van der Waals surface area contributed by atoms with E-state index in [4.69, 9.17) is 16.7 Å². The van der Waals surface area contributed by atoms with Crippen LogP contribution in [0.1, 0.15) is 12.0 Å². The summed E-state index contributed by atoms with van der Waals surface area (Å²) in [6.07, 6.45) is -3.05. The van der Waals surface area contributed by atoms with Gasteiger partial charge in [0.1, 0.15) is 0 Å². The number of nitrogens with zero attached hydrogens (tertiary/aromatic N) is 2. The maximum atomic E-state index is 12.2. The summed E-state index contributed by atoms with van der Waals surface area (Å²) in [5.41, 5.74) is -0.906. The molecule has 0 bridgehead atoms. The van der Waals surface area contributed by atoms with Crippen LogP contribution in [0.4, 0.5) is 14.6 Å². The Labute approximate surface area is 81.1 Å². The van der Waals surface area contributed by atoms with Crippen molar-refractivity contribution in [2.75, 3.05) is 0 Å². The van der Waals surface area contributed by atoms with Gasteiger partial charge in [-0.1, -0.05) is 0 Å². The molecular weight excluding hydrogens is 222 g/mol. The summed E-state index contributed by atoms with van der Waals surface area (Å²) in [6.45, 7) is 0. The standard InChI is InChI=1S/C6H3ClF2N2O3/c7-3-1-2(5(8)9)4(12)6(10-3)11(13)14/h1,5,12H. The fraction of sp³-hybridized carbons (Fsp3) is 0.167. The van der Waals surface area contributed by atoms with Crippen LogP contribution in [0, 0.1) is 10.1 Å². The summed E-state index contributed by atoms with van der Waals surface area (Å²) >= 11 is 5.25. The van der Waals surface area contributed by atoms with Gasteiger partial charge in [-0.25, -0.2) is 8.78 Å². The lowest BCUT2D eigenvalue weighted by atomic mass is 10.2. The van der Waals surface area contributed by atoms with E-state index in [1.54, 1.807) is 0 Å². The van der Waals surface area contributed by atoms with Gasteiger partial charge in [-0.3, -0.25) is 0 Å². The highest BCUT2D eigenvalue weighted by Crippen LogP contribution is 2.35. The van der Waals surface area contributed by atoms with Crippen molar-refractivity contribution in [3.8, 4) is 5.75 Å². The summed E-state index contributed by atoms with van der Waals surface area (Å²) in [4.78, 5) is 12.2. The Kier molecular flexibility index (Phi) is 2.80. The van der Waals surface area contributed by atoms with E-state index in [1.165, 1.54) is 0 Å². The van der Waals surface area contributed by atoms with Crippen molar-refractivity contribution in [3.05, 3.63) is 26.9 Å². The molecular formula is C6H3ClF2N2O3. The van der Waals surface area contributed by atoms with E-state index >= 15 is 0 Å². The average molecular weight is 225 g/mol. The molecule has 1 aromatic heterocycles. The van der Waals surface area contributed by atoms with Crippen molar-refractivity contribution in [2.24, 2.45) is 0 Å². The number of nitro groups is 1. The van der Waals surface area contributed by atoms with Gasteiger partial charge in [-0.15, -0.1) is 0 Å². The third-order valence-corrected chi connectivity index (χ3v) is 1.57. The molecule has 0 atom stereocenters. The molecule has 0 fully saturated rings. The molecule has 0 saturated heterocycles. The molecule has 1 heterocycles. The molecule has 14 heavy (non-hydrogen) atoms. The van der Waals surface area contributed by atoms with Gasteiger partial charge in [0.05, 0.1) is 5.56 Å². The smallest absolute Gasteiger partial charge is 0.408 e. The van der Waals surface area contributed by atoms with Crippen LogP contribution in [0.3, 0.4) is 0 Å². The first-order valence-corrected chi connectivity index (χ1v) is 3.63. The monoisotopic (exact) mass is 224 g/mol. The molecule has 5 nitrogen and oxygen atoms in total. The van der Waals surface area contributed by atoms with Crippen LogP contribution in [0.15, 0.2) is 6.07 Å². The third-order valence-electron chi connectivity index (χ3n) is 1.38. The Morgan fingerprint density at radius 1 is 1.64 bits per heavy atom. The second-order valence-corrected chi connectivity index (χ2v) is 2.65. The van der Waals surface area contributed by atoms with Gasteiger partial charge >= 0.3 is 5.82 Å². The zero-order valence-electron chi connectivity index (χ0n) is 6.45. The summed E-state index contributed by atoms with van der Waals surface area (Å²) < 4.78 is 24.4. The highest BCUT2D eigenvalue weighted by molar-refractivity contribution is 6.29. The molecule has 1 N–H and O–H groups in total. The average Bonchev–Trinajstić information content (AvgIpc) is 2.07. The molecule has 1 aromatic rings. The molecule has 0 unspecified atom stereocenters. The molecule has 8 heteroatoms. The van der Waals surface area contributed by atoms with E-state index in [0.717, 1.165) is 0 Å². The fourth-order valence-corrected chi connectivity index (χ4v) is 1.00. The highest BCUT2D eigenvalue weighted by Gasteiger charge is 2.25. The van der Waals surface area contributed by atoms with Gasteiger partial charge in [-0.05, 0) is 21.5 Å². The molecule has 76 valence electrons. The largest absolute Gasteiger partial charge is 0.501 e. The minimum absolute atomic E-state index is 0.468. The van der Waals surface area contributed by atoms with E-state index in [9.17, 15) is 18.9 Å². The van der Waals surface area contributed by atoms with Crippen molar-refractivity contribution in [3.63, 3.8) is 0 Å². The second kappa shape index (κ2) is 3.70. The van der Waals surface area contributed by atoms with E-state index in [-0.39, 0.29) is 0 Å². The SMILES string of the molecule is O=[N+]([O-])c1nc(Cl)cc(C(F)F)c1O. The number of alkyl halides is 2. The number of rotatable bonds is 2. The second-order valence-electron chi connectivity index (χ2n) is 2.26. The van der Waals surface area contributed by atoms with Crippen LogP contribution in [0.5, 0.6) is 5.75 Å². The normalized spacial score (nSPS) is 10.6. The van der Waals surface area contributed by atoms with E-state index in [2.05, 4.69) is 4.98 Å². The Hall–Kier alpha value is -1.50. The number of hydrogen-bond acceptors (Lipinski definition) is 4. The predicted molar refractivity (Wildman–Crippen MR) is 42.5 cm³/mol. The van der Waals surface area contributed by atoms with Crippen LogP contribution >= 0.6 is 11.6 Å². The molecule has 0 aliphatic heterocycles. The van der Waals surface area contributed by atoms with Gasteiger partial charge in [0.15, 0.2) is 0 Å². The van der Waals surface area contributed by atoms with Crippen molar-refractivity contribution in [1.82, 2.24) is 4.98 Å². The maximum Gasteiger partial charge on any atom is 0.408 e. The van der Waals surface area contributed by atoms with E-state index in [0.29, 0.717) is 6.07 Å². The minimum atomic E-state index is -3.05. The Bertz CT molecular complexity index is 386. The highest BCUT2D eigenvalue weighted by atomic mass is 35.5. The summed E-state index contributed by atoms with van der Waals surface area (Å²) in [7, 11) is 0. The molecule has 0 spiro atoms. The molecule has 0 aromatic carbocycles. The Morgan fingerprint density at radius 2 is 2.21 bits per heavy atom. The third kappa shape index (κ3) is 1.87. The number of hydrogen-bond donors (Lipinski definition) is 1. The maximum absolute atomic E-state index is 12.2. The molecule has 0 saturated carbocycles. The van der Waals surface area contributed by atoms with Crippen molar-refractivity contribution in [1.29, 1.82) is 0 Å². The van der Waals surface area contributed by atoms with Gasteiger partial charge in [0.25, 0.3) is 6.43 Å². The van der Waals surface area contributed by atoms with Crippen LogP contribution in [0.25, 0.3) is 0 Å². The molecule has 0 amide bonds. The zero-order valence-corrected chi connectivity index (χ0v) is 7.20. The quantitative estimate of drug-likeness (QED) is 0.475. The van der Waals surface area contributed by atoms with Gasteiger partial charge in [0.2, 0.25) is 10.9 Å². The zero-order chi connectivity index (χ0) is 10.9. The first-order valence-electron chi connectivity index (χ1n) is 3.25. The fourth-order valence-electron chi connectivity index (χ4n) is 0.806. The molecule has 0 aliphatic rings. The molecule has 0 radical (unpaired) electrons. The molecule has 0 aliphatic carbocycles. The number of aromatic nitrogens is 1. The van der Waals surface area contributed by atoms with Crippen LogP contribution in [0.2, 0.25) is 5.15 Å². The number of halogens is 3. The lowest BCUT2D eigenvalue weighted by Crippen LogP contribution is -1.97. The van der Waals surface area contributed by atoms with Crippen LogP contribution in [-0.4, -0.2) is 15.0 Å². The Morgan fingerprint density at radius 3 is 2.64 bits per heavy atom. The van der Waals surface area contributed by atoms with Crippen LogP contribution in [-0.2, 0) is 0 Å². The molecule has 1 rings (SSSR count). The summed E-state index contributed by atoms with van der Waals surface area (Å²) in [6, 6.07) is 0.675. The van der Waals surface area contributed by atoms with Crippen LogP contribution < -0.4 is 0 Å². The summed E-state index contributed by atoms with van der Waals surface area (Å²) in [5, 5.41) is 18.8. The van der Waals surface area contributed by atoms with Crippen molar-refractivity contribution >= 4 is 17.4 Å². The lowest BCUT2D eigenvalue weighted by molar-refractivity contribution is -0.390. The van der Waals surface area contributed by atoms with Gasteiger partial charge in [0, 0.05) is 6.07 Å². The van der Waals surface area contributed by atoms with E-state index < -0.39 is 33.6 Å². The van der Waals surface area contributed by atoms with E-state index in [1.807, 2.05) is 0 Å². The number of aromatic hydroxyl groups is 1. The lowest BCUT2D eigenvalue weighted by Gasteiger charge is -2.02. The van der Waals surface area contributed by atoms with Crippen molar-refractivity contribution < 1.29 is 18.8 Å². The first kappa shape index (κ1) is 10.6. The predicted octanol–water partition coefficient (Wildman–Crippen LogP) is 2.29. The number of pyridine rings is 1. The topological polar surface area (TPSA) is 76.3 Å². The van der Waals surface area contributed by atoms with Gasteiger partial charge in [-0.2, -0.15) is 0 Å². The first-order chi connectivity index (χ1) is 6.43. The van der Waals surface area contributed by atoms with Gasteiger partial charge < -0.3 is 15.2 Å². The Balaban J connectivity index is 3.40.